The second-order valence-corrected chi connectivity index (χ2v) is 9.76. The molecule has 0 radical (unpaired) electrons. The molecule has 1 aliphatic heterocycles. The molecular formula is C29H35NO3. The zero-order valence-corrected chi connectivity index (χ0v) is 20.7. The van der Waals surface area contributed by atoms with Gasteiger partial charge < -0.3 is 14.1 Å². The number of nitrogens with zero attached hydrogens (tertiary/aromatic N) is 1. The van der Waals surface area contributed by atoms with Gasteiger partial charge in [-0.15, -0.1) is 0 Å². The molecule has 1 aromatic heterocycles. The van der Waals surface area contributed by atoms with Crippen molar-refractivity contribution in [2.75, 3.05) is 19.7 Å². The van der Waals surface area contributed by atoms with Crippen molar-refractivity contribution in [1.82, 2.24) is 4.90 Å². The number of carbonyl (C=O) groups excluding carboxylic acids is 1. The van der Waals surface area contributed by atoms with E-state index in [0.717, 1.165) is 52.1 Å². The smallest absolute Gasteiger partial charge is 0.246 e. The minimum absolute atomic E-state index is 0.0789. The summed E-state index contributed by atoms with van der Waals surface area (Å²) in [4.78, 5) is 15.1. The molecule has 0 bridgehead atoms. The Morgan fingerprint density at radius 1 is 1.12 bits per heavy atom. The summed E-state index contributed by atoms with van der Waals surface area (Å²) < 4.78 is 11.9. The topological polar surface area (TPSA) is 42.7 Å². The number of rotatable bonds is 5. The van der Waals surface area contributed by atoms with Gasteiger partial charge in [-0.3, -0.25) is 4.79 Å². The fraction of sp³-hybridized carbons (Fsp3) is 0.414. The number of amides is 1. The second-order valence-electron chi connectivity index (χ2n) is 9.76. The SMILES string of the molecule is CCOc1cc2occ(-c3ccc(C)cc3C)c2cc1/C(C)=C/C(=O)N1CC(C)CC(C)C1. The Hall–Kier alpha value is -3.01. The molecule has 0 spiro atoms. The fourth-order valence-corrected chi connectivity index (χ4v) is 5.16. The summed E-state index contributed by atoms with van der Waals surface area (Å²) in [6.45, 7) is 14.8. The van der Waals surface area contributed by atoms with Crippen LogP contribution in [-0.2, 0) is 4.79 Å². The average Bonchev–Trinajstić information content (AvgIpc) is 3.15. The van der Waals surface area contributed by atoms with E-state index >= 15 is 0 Å². The molecule has 2 heterocycles. The molecule has 4 nitrogen and oxygen atoms in total. The Morgan fingerprint density at radius 3 is 2.52 bits per heavy atom. The van der Waals surface area contributed by atoms with E-state index in [1.54, 1.807) is 6.08 Å². The van der Waals surface area contributed by atoms with Gasteiger partial charge in [-0.25, -0.2) is 0 Å². The van der Waals surface area contributed by atoms with Crippen molar-refractivity contribution < 1.29 is 13.9 Å². The van der Waals surface area contributed by atoms with Gasteiger partial charge >= 0.3 is 0 Å². The number of allylic oxidation sites excluding steroid dienone is 1. The van der Waals surface area contributed by atoms with Crippen LogP contribution in [0, 0.1) is 25.7 Å². The van der Waals surface area contributed by atoms with E-state index in [9.17, 15) is 4.79 Å². The molecule has 174 valence electrons. The quantitative estimate of drug-likeness (QED) is 0.396. The number of aryl methyl sites for hydroxylation is 2. The van der Waals surface area contributed by atoms with Gasteiger partial charge in [0.2, 0.25) is 5.91 Å². The van der Waals surface area contributed by atoms with Crippen molar-refractivity contribution in [2.24, 2.45) is 11.8 Å². The largest absolute Gasteiger partial charge is 0.493 e. The van der Waals surface area contributed by atoms with Gasteiger partial charge in [-0.1, -0.05) is 37.6 Å². The zero-order valence-electron chi connectivity index (χ0n) is 20.7. The number of piperidine rings is 1. The maximum absolute atomic E-state index is 13.1. The van der Waals surface area contributed by atoms with Crippen molar-refractivity contribution in [3.63, 3.8) is 0 Å². The summed E-state index contributed by atoms with van der Waals surface area (Å²) >= 11 is 0. The minimum Gasteiger partial charge on any atom is -0.493 e. The van der Waals surface area contributed by atoms with E-state index in [1.807, 2.05) is 31.1 Å². The maximum atomic E-state index is 13.1. The number of ether oxygens (including phenoxy) is 1. The van der Waals surface area contributed by atoms with Crippen LogP contribution in [0.15, 0.2) is 47.1 Å². The Kier molecular flexibility index (Phi) is 6.64. The van der Waals surface area contributed by atoms with E-state index in [4.69, 9.17) is 9.15 Å². The average molecular weight is 446 g/mol. The number of carbonyl (C=O) groups is 1. The lowest BCUT2D eigenvalue weighted by molar-refractivity contribution is -0.128. The van der Waals surface area contributed by atoms with Crippen LogP contribution in [0.1, 0.15) is 50.8 Å². The summed E-state index contributed by atoms with van der Waals surface area (Å²) in [7, 11) is 0. The van der Waals surface area contributed by atoms with Crippen LogP contribution in [0.3, 0.4) is 0 Å². The third-order valence-corrected chi connectivity index (χ3v) is 6.59. The Balaban J connectivity index is 1.76. The summed E-state index contributed by atoms with van der Waals surface area (Å²) in [6.07, 6.45) is 4.77. The highest BCUT2D eigenvalue weighted by Gasteiger charge is 2.25. The zero-order chi connectivity index (χ0) is 23.7. The first-order valence-corrected chi connectivity index (χ1v) is 12.0. The van der Waals surface area contributed by atoms with Crippen LogP contribution in [0.5, 0.6) is 5.75 Å². The van der Waals surface area contributed by atoms with Gasteiger partial charge in [0.05, 0.1) is 12.9 Å². The van der Waals surface area contributed by atoms with Gasteiger partial charge in [0.25, 0.3) is 0 Å². The molecule has 2 atom stereocenters. The van der Waals surface area contributed by atoms with Crippen molar-refractivity contribution in [3.05, 3.63) is 59.4 Å². The summed E-state index contributed by atoms with van der Waals surface area (Å²) in [5, 5.41) is 1.03. The lowest BCUT2D eigenvalue weighted by Gasteiger charge is -2.34. The van der Waals surface area contributed by atoms with Crippen LogP contribution in [-0.4, -0.2) is 30.5 Å². The molecule has 0 aliphatic carbocycles. The molecule has 1 saturated heterocycles. The normalized spacial score (nSPS) is 19.2. The standard InChI is InChI=1S/C29H35NO3/c1-7-32-27-14-28-25(26(17-33-28)23-9-8-18(2)11-21(23)5)13-24(27)22(6)12-29(31)30-15-19(3)10-20(4)16-30/h8-9,11-14,17,19-20H,7,10,15-16H2,1-6H3/b22-12+. The number of furan rings is 1. The first-order chi connectivity index (χ1) is 15.8. The lowest BCUT2D eigenvalue weighted by atomic mass is 9.91. The molecule has 3 aromatic rings. The van der Waals surface area contributed by atoms with Crippen molar-refractivity contribution in [2.45, 2.75) is 48.0 Å². The van der Waals surface area contributed by atoms with E-state index in [0.29, 0.717) is 18.4 Å². The number of likely N-dealkylation sites (tertiary alicyclic amines) is 1. The predicted molar refractivity (Wildman–Crippen MR) is 135 cm³/mol. The van der Waals surface area contributed by atoms with Gasteiger partial charge in [-0.05, 0) is 68.7 Å². The van der Waals surface area contributed by atoms with E-state index < -0.39 is 0 Å². The van der Waals surface area contributed by atoms with Crippen molar-refractivity contribution >= 4 is 22.4 Å². The molecule has 2 unspecified atom stereocenters. The monoisotopic (exact) mass is 445 g/mol. The second kappa shape index (κ2) is 9.46. The van der Waals surface area contributed by atoms with E-state index in [1.165, 1.54) is 17.5 Å². The van der Waals surface area contributed by atoms with Gasteiger partial charge in [0.15, 0.2) is 0 Å². The Morgan fingerprint density at radius 2 is 1.85 bits per heavy atom. The molecule has 0 saturated carbocycles. The minimum atomic E-state index is 0.0789. The van der Waals surface area contributed by atoms with E-state index in [-0.39, 0.29) is 5.91 Å². The Bertz CT molecular complexity index is 1190. The first kappa shape index (κ1) is 23.2. The molecule has 2 aromatic carbocycles. The van der Waals surface area contributed by atoms with Crippen LogP contribution in [0.2, 0.25) is 0 Å². The fourth-order valence-electron chi connectivity index (χ4n) is 5.16. The molecule has 1 amide bonds. The first-order valence-electron chi connectivity index (χ1n) is 12.0. The van der Waals surface area contributed by atoms with Gasteiger partial charge in [-0.2, -0.15) is 0 Å². The third-order valence-electron chi connectivity index (χ3n) is 6.59. The van der Waals surface area contributed by atoms with Crippen molar-refractivity contribution in [3.8, 4) is 16.9 Å². The molecule has 1 fully saturated rings. The van der Waals surface area contributed by atoms with E-state index in [2.05, 4.69) is 52.0 Å². The number of hydrogen-bond acceptors (Lipinski definition) is 3. The maximum Gasteiger partial charge on any atom is 0.246 e. The van der Waals surface area contributed by atoms with Crippen LogP contribution < -0.4 is 4.74 Å². The highest BCUT2D eigenvalue weighted by atomic mass is 16.5. The molecular weight excluding hydrogens is 410 g/mol. The lowest BCUT2D eigenvalue weighted by Crippen LogP contribution is -2.41. The molecule has 4 heteroatoms. The number of benzene rings is 2. The summed E-state index contributed by atoms with van der Waals surface area (Å²) in [5.41, 5.74) is 7.29. The van der Waals surface area contributed by atoms with Crippen LogP contribution in [0.4, 0.5) is 0 Å². The van der Waals surface area contributed by atoms with Gasteiger partial charge in [0, 0.05) is 41.7 Å². The highest BCUT2D eigenvalue weighted by Crippen LogP contribution is 2.38. The molecule has 4 rings (SSSR count). The third kappa shape index (κ3) is 4.85. The number of fused-ring (bicyclic) bond motifs is 1. The van der Waals surface area contributed by atoms with Crippen molar-refractivity contribution in [1.29, 1.82) is 0 Å². The molecule has 1 aliphatic rings. The molecule has 0 N–H and O–H groups in total. The Labute approximate surface area is 197 Å². The predicted octanol–water partition coefficient (Wildman–Crippen LogP) is 7.02. The highest BCUT2D eigenvalue weighted by molar-refractivity contribution is 6.00. The van der Waals surface area contributed by atoms with Crippen LogP contribution >= 0.6 is 0 Å². The summed E-state index contributed by atoms with van der Waals surface area (Å²) in [6, 6.07) is 10.5. The summed E-state index contributed by atoms with van der Waals surface area (Å²) in [5.74, 6) is 1.89. The molecule has 33 heavy (non-hydrogen) atoms. The number of hydrogen-bond donors (Lipinski definition) is 0. The van der Waals surface area contributed by atoms with Crippen LogP contribution in [0.25, 0.3) is 27.7 Å². The van der Waals surface area contributed by atoms with Gasteiger partial charge in [0.1, 0.15) is 11.3 Å².